The normalized spacial score (nSPS) is 25.0. The number of hydrogen-bond donors (Lipinski definition) is 0. The molecule has 0 aliphatic carbocycles. The van der Waals surface area contributed by atoms with Gasteiger partial charge >= 0.3 is 6.03 Å². The zero-order valence-corrected chi connectivity index (χ0v) is 16.4. The number of hydrogen-bond acceptors (Lipinski definition) is 5. The molecule has 144 valence electrons. The van der Waals surface area contributed by atoms with Crippen LogP contribution in [0.25, 0.3) is 0 Å². The second kappa shape index (κ2) is 7.44. The Bertz CT molecular complexity index is 765. The predicted molar refractivity (Wildman–Crippen MR) is 100 cm³/mol. The van der Waals surface area contributed by atoms with Gasteiger partial charge in [0, 0.05) is 39.8 Å². The lowest BCUT2D eigenvalue weighted by atomic mass is 10.0. The van der Waals surface area contributed by atoms with Gasteiger partial charge in [-0.05, 0) is 24.6 Å². The van der Waals surface area contributed by atoms with Crippen molar-refractivity contribution in [2.24, 2.45) is 0 Å². The Morgan fingerprint density at radius 3 is 2.65 bits per heavy atom. The molecule has 1 aromatic carbocycles. The average molecular weight is 381 g/mol. The molecule has 0 bridgehead atoms. The third-order valence-electron chi connectivity index (χ3n) is 5.01. The summed E-state index contributed by atoms with van der Waals surface area (Å²) in [5.41, 5.74) is 1.09. The number of carbonyl (C=O) groups is 1. The van der Waals surface area contributed by atoms with Crippen molar-refractivity contribution in [3.8, 4) is 5.75 Å². The molecule has 7 nitrogen and oxygen atoms in total. The Morgan fingerprint density at radius 2 is 1.96 bits per heavy atom. The zero-order chi connectivity index (χ0) is 18.9. The molecule has 0 aromatic heterocycles. The second-order valence-corrected chi connectivity index (χ2v) is 9.29. The summed E-state index contributed by atoms with van der Waals surface area (Å²) in [5, 5.41) is 0. The van der Waals surface area contributed by atoms with E-state index in [9.17, 15) is 13.2 Å². The summed E-state index contributed by atoms with van der Waals surface area (Å²) >= 11 is 0. The summed E-state index contributed by atoms with van der Waals surface area (Å²) in [6.07, 6.45) is 0. The fraction of sp³-hybridized carbons (Fsp3) is 0.611. The van der Waals surface area contributed by atoms with Crippen molar-refractivity contribution < 1.29 is 17.9 Å². The van der Waals surface area contributed by atoms with E-state index in [4.69, 9.17) is 4.74 Å². The molecule has 2 aliphatic rings. The van der Waals surface area contributed by atoms with Crippen molar-refractivity contribution in [1.82, 2.24) is 14.7 Å². The van der Waals surface area contributed by atoms with Crippen molar-refractivity contribution >= 4 is 15.9 Å². The highest BCUT2D eigenvalue weighted by molar-refractivity contribution is 7.91. The van der Waals surface area contributed by atoms with Gasteiger partial charge in [0.05, 0.1) is 24.2 Å². The maximum absolute atomic E-state index is 12.5. The third-order valence-corrected chi connectivity index (χ3v) is 6.71. The van der Waals surface area contributed by atoms with E-state index in [2.05, 4.69) is 4.90 Å². The summed E-state index contributed by atoms with van der Waals surface area (Å²) in [5.74, 6) is 0.981. The van der Waals surface area contributed by atoms with E-state index in [1.165, 1.54) is 4.90 Å². The minimum atomic E-state index is -3.14. The van der Waals surface area contributed by atoms with Gasteiger partial charge in [-0.25, -0.2) is 13.2 Å². The van der Waals surface area contributed by atoms with Gasteiger partial charge in [-0.3, -0.25) is 4.90 Å². The van der Waals surface area contributed by atoms with Gasteiger partial charge in [-0.15, -0.1) is 0 Å². The molecule has 2 heterocycles. The van der Waals surface area contributed by atoms with Crippen LogP contribution in [0.3, 0.4) is 0 Å². The van der Waals surface area contributed by atoms with Gasteiger partial charge in [0.1, 0.15) is 5.75 Å². The molecule has 2 aliphatic heterocycles. The summed E-state index contributed by atoms with van der Waals surface area (Å²) < 4.78 is 30.1. The Morgan fingerprint density at radius 1 is 1.23 bits per heavy atom. The van der Waals surface area contributed by atoms with Crippen LogP contribution in [0, 0.1) is 0 Å². The van der Waals surface area contributed by atoms with Gasteiger partial charge in [-0.2, -0.15) is 0 Å². The van der Waals surface area contributed by atoms with Crippen LogP contribution in [0.5, 0.6) is 5.75 Å². The first-order valence-corrected chi connectivity index (χ1v) is 10.8. The molecule has 0 spiro atoms. The molecule has 0 unspecified atom stereocenters. The van der Waals surface area contributed by atoms with Crippen LogP contribution in [-0.4, -0.2) is 86.5 Å². The van der Waals surface area contributed by atoms with Crippen LogP contribution in [0.15, 0.2) is 24.3 Å². The van der Waals surface area contributed by atoms with Crippen LogP contribution in [-0.2, 0) is 16.4 Å². The van der Waals surface area contributed by atoms with E-state index in [1.807, 2.05) is 31.2 Å². The number of sulfone groups is 1. The molecule has 0 radical (unpaired) electrons. The lowest BCUT2D eigenvalue weighted by Gasteiger charge is -2.44. The van der Waals surface area contributed by atoms with E-state index in [1.54, 1.807) is 19.0 Å². The van der Waals surface area contributed by atoms with Gasteiger partial charge in [0.2, 0.25) is 0 Å². The summed E-state index contributed by atoms with van der Waals surface area (Å²) in [6, 6.07) is 7.35. The number of rotatable bonds is 4. The van der Waals surface area contributed by atoms with Crippen molar-refractivity contribution in [3.05, 3.63) is 29.8 Å². The van der Waals surface area contributed by atoms with E-state index in [0.717, 1.165) is 11.3 Å². The minimum Gasteiger partial charge on any atom is -0.494 e. The van der Waals surface area contributed by atoms with Gasteiger partial charge < -0.3 is 14.5 Å². The third kappa shape index (κ3) is 3.96. The van der Waals surface area contributed by atoms with Crippen LogP contribution < -0.4 is 4.74 Å². The first-order valence-electron chi connectivity index (χ1n) is 8.95. The number of fused-ring (bicyclic) bond motifs is 1. The van der Waals surface area contributed by atoms with E-state index >= 15 is 0 Å². The fourth-order valence-electron chi connectivity index (χ4n) is 3.85. The highest BCUT2D eigenvalue weighted by Gasteiger charge is 2.48. The molecular weight excluding hydrogens is 354 g/mol. The van der Waals surface area contributed by atoms with Crippen molar-refractivity contribution in [1.29, 1.82) is 0 Å². The number of piperazine rings is 1. The molecule has 1 aromatic rings. The molecule has 26 heavy (non-hydrogen) atoms. The molecule has 2 fully saturated rings. The summed E-state index contributed by atoms with van der Waals surface area (Å²) in [6.45, 7) is 4.41. The molecule has 2 saturated heterocycles. The van der Waals surface area contributed by atoms with E-state index in [0.29, 0.717) is 26.2 Å². The molecule has 2 atom stereocenters. The Labute approximate surface area is 155 Å². The number of nitrogens with zero attached hydrogens (tertiary/aromatic N) is 3. The maximum Gasteiger partial charge on any atom is 0.319 e. The zero-order valence-electron chi connectivity index (χ0n) is 15.6. The lowest BCUT2D eigenvalue weighted by Crippen LogP contribution is -2.61. The standard InChI is InChI=1S/C18H27N3O4S/c1-4-25-15-7-5-6-14(10-15)11-20-8-9-21(18(22)19(2)3)17-13-26(23,24)12-16(17)20/h5-7,10,16-17H,4,8-9,11-13H2,1-3H3/t16-,17+/m1/s1. The number of amides is 2. The quantitative estimate of drug-likeness (QED) is 0.780. The molecular formula is C18H27N3O4S. The maximum atomic E-state index is 12.5. The largest absolute Gasteiger partial charge is 0.494 e. The highest BCUT2D eigenvalue weighted by Crippen LogP contribution is 2.29. The van der Waals surface area contributed by atoms with Gasteiger partial charge in [-0.1, -0.05) is 12.1 Å². The Kier molecular flexibility index (Phi) is 5.43. The smallest absolute Gasteiger partial charge is 0.319 e. The predicted octanol–water partition coefficient (Wildman–Crippen LogP) is 1.05. The molecule has 0 saturated carbocycles. The number of ether oxygens (including phenoxy) is 1. The Hall–Kier alpha value is -1.80. The monoisotopic (exact) mass is 381 g/mol. The highest BCUT2D eigenvalue weighted by atomic mass is 32.2. The van der Waals surface area contributed by atoms with Gasteiger partial charge in [0.15, 0.2) is 9.84 Å². The van der Waals surface area contributed by atoms with E-state index in [-0.39, 0.29) is 29.6 Å². The second-order valence-electron chi connectivity index (χ2n) is 7.13. The van der Waals surface area contributed by atoms with Crippen molar-refractivity contribution in [3.63, 3.8) is 0 Å². The first kappa shape index (κ1) is 19.0. The van der Waals surface area contributed by atoms with Crippen LogP contribution in [0.4, 0.5) is 4.79 Å². The van der Waals surface area contributed by atoms with Crippen molar-refractivity contribution in [2.75, 3.05) is 45.3 Å². The SMILES string of the molecule is CCOc1cccc(CN2CCN(C(=O)N(C)C)[C@H]3CS(=O)(=O)C[C@H]32)c1. The summed E-state index contributed by atoms with van der Waals surface area (Å²) in [7, 11) is 0.260. The minimum absolute atomic E-state index is 0.0483. The van der Waals surface area contributed by atoms with Gasteiger partial charge in [0.25, 0.3) is 0 Å². The number of carbonyl (C=O) groups excluding carboxylic acids is 1. The van der Waals surface area contributed by atoms with E-state index < -0.39 is 9.84 Å². The van der Waals surface area contributed by atoms with Crippen LogP contribution in [0.2, 0.25) is 0 Å². The molecule has 2 amide bonds. The van der Waals surface area contributed by atoms with Crippen LogP contribution in [0.1, 0.15) is 12.5 Å². The molecule has 0 N–H and O–H groups in total. The molecule has 3 rings (SSSR count). The number of benzene rings is 1. The van der Waals surface area contributed by atoms with Crippen molar-refractivity contribution in [2.45, 2.75) is 25.6 Å². The first-order chi connectivity index (χ1) is 12.3. The topological polar surface area (TPSA) is 70.2 Å². The van der Waals surface area contributed by atoms with Crippen LogP contribution >= 0.6 is 0 Å². The average Bonchev–Trinajstić information content (AvgIpc) is 2.90. The lowest BCUT2D eigenvalue weighted by molar-refractivity contribution is 0.0520. The molecule has 8 heteroatoms. The summed E-state index contributed by atoms with van der Waals surface area (Å²) in [4.78, 5) is 17.9. The fourth-order valence-corrected chi connectivity index (χ4v) is 5.86. The number of urea groups is 1. The Balaban J connectivity index is 1.80.